The van der Waals surface area contributed by atoms with Gasteiger partial charge in [-0.15, -0.1) is 0 Å². The highest BCUT2D eigenvalue weighted by Crippen LogP contribution is 2.66. The smallest absolute Gasteiger partial charge is 0.405 e. The molecule has 4 heteroatoms. The van der Waals surface area contributed by atoms with Crippen LogP contribution >= 0.6 is 0 Å². The minimum atomic E-state index is -1.14. The van der Waals surface area contributed by atoms with E-state index in [2.05, 4.69) is 59.5 Å². The molecule has 0 amide bonds. The fourth-order valence-electron chi connectivity index (χ4n) is 5.29. The third-order valence-electron chi connectivity index (χ3n) is 6.61. The summed E-state index contributed by atoms with van der Waals surface area (Å²) in [6.45, 7) is 16.6. The normalized spacial score (nSPS) is 41.4. The van der Waals surface area contributed by atoms with Gasteiger partial charge in [-0.05, 0) is 43.9 Å². The minimum Gasteiger partial charge on any atom is -0.405 e. The van der Waals surface area contributed by atoms with E-state index >= 15 is 0 Å². The van der Waals surface area contributed by atoms with Crippen molar-refractivity contribution in [3.63, 3.8) is 0 Å². The molecule has 0 aromatic carbocycles. The number of hydrogen-bond donors (Lipinski definition) is 0. The van der Waals surface area contributed by atoms with Crippen molar-refractivity contribution >= 4 is 15.2 Å². The third kappa shape index (κ3) is 2.55. The largest absolute Gasteiger partial charge is 0.464 e. The summed E-state index contributed by atoms with van der Waals surface area (Å²) in [5.74, 6) is 1.90. The molecule has 5 atom stereocenters. The predicted molar refractivity (Wildman–Crippen MR) is 96.8 cm³/mol. The van der Waals surface area contributed by atoms with Crippen LogP contribution in [0.25, 0.3) is 0 Å². The van der Waals surface area contributed by atoms with E-state index in [1.807, 2.05) is 0 Å². The van der Waals surface area contributed by atoms with Crippen LogP contribution in [0.1, 0.15) is 40.5 Å². The van der Waals surface area contributed by atoms with Gasteiger partial charge in [0.2, 0.25) is 0 Å². The maximum absolute atomic E-state index is 6.65. The minimum absolute atomic E-state index is 0.0342. The van der Waals surface area contributed by atoms with E-state index < -0.39 is 8.07 Å². The number of hydrogen-bond acceptors (Lipinski definition) is 2. The highest BCUT2D eigenvalue weighted by Gasteiger charge is 2.68. The molecule has 1 saturated heterocycles. The molecule has 2 nitrogen and oxygen atoms in total. The molecule has 1 heterocycles. The van der Waals surface area contributed by atoms with Gasteiger partial charge in [0.05, 0.1) is 11.7 Å². The Balaban J connectivity index is 1.78. The molecular weight excluding hydrogens is 287 g/mol. The molecule has 1 aliphatic heterocycles. The first kappa shape index (κ1) is 16.8. The summed E-state index contributed by atoms with van der Waals surface area (Å²) in [5, 5.41) is 0. The van der Waals surface area contributed by atoms with Gasteiger partial charge in [-0.1, -0.05) is 51.7 Å². The molecule has 0 aromatic heterocycles. The first-order valence-corrected chi connectivity index (χ1v) is 12.7. The second-order valence-electron chi connectivity index (χ2n) is 9.79. The van der Waals surface area contributed by atoms with Gasteiger partial charge in [-0.3, -0.25) is 0 Å². The first-order chi connectivity index (χ1) is 10.1. The molecule has 4 fully saturated rings. The van der Waals surface area contributed by atoms with Crippen molar-refractivity contribution in [3.05, 3.63) is 12.2 Å². The Morgan fingerprint density at radius 3 is 2.45 bits per heavy atom. The van der Waals surface area contributed by atoms with Crippen LogP contribution in [0.15, 0.2) is 12.2 Å². The van der Waals surface area contributed by atoms with E-state index in [9.17, 15) is 0 Å². The molecule has 3 saturated carbocycles. The summed E-state index contributed by atoms with van der Waals surface area (Å²) in [4.78, 5) is 0. The third-order valence-corrected chi connectivity index (χ3v) is 8.30. The summed E-state index contributed by atoms with van der Waals surface area (Å²) in [5.41, 5.74) is 0.362. The molecule has 0 spiro atoms. The molecule has 4 rings (SSSR count). The molecule has 3 aliphatic carbocycles. The van der Waals surface area contributed by atoms with Crippen LogP contribution in [-0.2, 0) is 9.31 Å². The van der Waals surface area contributed by atoms with Gasteiger partial charge < -0.3 is 9.31 Å². The maximum atomic E-state index is 6.65. The standard InChI is InChI=1S/C18H33BO2Si/c1-8-9-14(12-22(5,6)7)19-20-16-11-13-10-15(17(13,2)3)18(16,4)21-19/h8-9,13-16H,10-12H2,1-7H3/b9-8+/t13-,14+,15-,16+,18-/m1/s1. The van der Waals surface area contributed by atoms with Crippen molar-refractivity contribution in [3.8, 4) is 0 Å². The van der Waals surface area contributed by atoms with Gasteiger partial charge in [0.25, 0.3) is 0 Å². The quantitative estimate of drug-likeness (QED) is 0.536. The molecule has 0 aromatic rings. The molecule has 2 bridgehead atoms. The van der Waals surface area contributed by atoms with Crippen LogP contribution in [0.5, 0.6) is 0 Å². The van der Waals surface area contributed by atoms with Gasteiger partial charge in [0.1, 0.15) is 0 Å². The van der Waals surface area contributed by atoms with Crippen LogP contribution in [-0.4, -0.2) is 26.9 Å². The molecule has 124 valence electrons. The Morgan fingerprint density at radius 1 is 1.23 bits per heavy atom. The van der Waals surface area contributed by atoms with Gasteiger partial charge >= 0.3 is 7.12 Å². The van der Waals surface area contributed by atoms with Crippen molar-refractivity contribution in [2.45, 2.75) is 83.7 Å². The van der Waals surface area contributed by atoms with E-state index in [1.54, 1.807) is 0 Å². The van der Waals surface area contributed by atoms with Gasteiger partial charge in [-0.2, -0.15) is 0 Å². The lowest BCUT2D eigenvalue weighted by Crippen LogP contribution is -2.65. The van der Waals surface area contributed by atoms with Crippen molar-refractivity contribution in [2.75, 3.05) is 0 Å². The maximum Gasteiger partial charge on any atom is 0.464 e. The van der Waals surface area contributed by atoms with Gasteiger partial charge in [0, 0.05) is 13.9 Å². The van der Waals surface area contributed by atoms with Crippen molar-refractivity contribution in [1.82, 2.24) is 0 Å². The van der Waals surface area contributed by atoms with Gasteiger partial charge in [0.15, 0.2) is 0 Å². The lowest BCUT2D eigenvalue weighted by molar-refractivity contribution is -0.199. The molecule has 0 radical (unpaired) electrons. The Bertz CT molecular complexity index is 470. The molecule has 0 unspecified atom stereocenters. The average Bonchev–Trinajstić information content (AvgIpc) is 2.73. The SMILES string of the molecule is C/C=C/[C@@H](C[Si](C)(C)C)B1O[C@H]2C[C@H]3C[C@H](C3(C)C)[C@@]2(C)O1. The first-order valence-electron chi connectivity index (χ1n) is 9.04. The summed E-state index contributed by atoms with van der Waals surface area (Å²) in [7, 11) is -1.18. The van der Waals surface area contributed by atoms with Crippen LogP contribution in [0, 0.1) is 17.3 Å². The van der Waals surface area contributed by atoms with Crippen molar-refractivity contribution in [1.29, 1.82) is 0 Å². The van der Waals surface area contributed by atoms with E-state index in [0.717, 1.165) is 5.92 Å². The second-order valence-corrected chi connectivity index (χ2v) is 15.3. The van der Waals surface area contributed by atoms with Crippen molar-refractivity contribution in [2.24, 2.45) is 17.3 Å². The predicted octanol–water partition coefficient (Wildman–Crippen LogP) is 5.00. The Kier molecular flexibility index (Phi) is 3.98. The molecule has 22 heavy (non-hydrogen) atoms. The summed E-state index contributed by atoms with van der Waals surface area (Å²) in [6, 6.07) is 1.24. The zero-order valence-corrected chi connectivity index (χ0v) is 16.5. The fourth-order valence-corrected chi connectivity index (χ4v) is 7.03. The second kappa shape index (κ2) is 5.22. The topological polar surface area (TPSA) is 18.5 Å². The summed E-state index contributed by atoms with van der Waals surface area (Å²) >= 11 is 0. The molecular formula is C18H33BO2Si. The Labute approximate surface area is 138 Å². The zero-order chi connectivity index (χ0) is 16.3. The van der Waals surface area contributed by atoms with Crippen LogP contribution in [0.3, 0.4) is 0 Å². The van der Waals surface area contributed by atoms with E-state index in [4.69, 9.17) is 9.31 Å². The zero-order valence-electron chi connectivity index (χ0n) is 15.5. The fraction of sp³-hybridized carbons (Fsp3) is 0.889. The van der Waals surface area contributed by atoms with E-state index in [1.165, 1.54) is 18.9 Å². The van der Waals surface area contributed by atoms with Crippen LogP contribution < -0.4 is 0 Å². The lowest BCUT2D eigenvalue weighted by atomic mass is 9.43. The number of allylic oxidation sites excluding steroid dienone is 2. The molecule has 0 N–H and O–H groups in total. The van der Waals surface area contributed by atoms with E-state index in [-0.39, 0.29) is 12.7 Å². The highest BCUT2D eigenvalue weighted by atomic mass is 28.3. The van der Waals surface area contributed by atoms with E-state index in [0.29, 0.717) is 23.3 Å². The molecule has 4 aliphatic rings. The van der Waals surface area contributed by atoms with Crippen LogP contribution in [0.4, 0.5) is 0 Å². The van der Waals surface area contributed by atoms with Crippen molar-refractivity contribution < 1.29 is 9.31 Å². The summed E-state index contributed by atoms with van der Waals surface area (Å²) in [6.07, 6.45) is 7.32. The van der Waals surface area contributed by atoms with Gasteiger partial charge in [-0.25, -0.2) is 0 Å². The number of rotatable bonds is 4. The lowest BCUT2D eigenvalue weighted by Gasteiger charge is -2.64. The average molecular weight is 320 g/mol. The Hall–Kier alpha value is -0.0582. The highest BCUT2D eigenvalue weighted by molar-refractivity contribution is 6.77. The van der Waals surface area contributed by atoms with Crippen LogP contribution in [0.2, 0.25) is 31.5 Å². The monoisotopic (exact) mass is 320 g/mol. The Morgan fingerprint density at radius 2 is 1.91 bits per heavy atom. The summed E-state index contributed by atoms with van der Waals surface area (Å²) < 4.78 is 13.1.